The van der Waals surface area contributed by atoms with Gasteiger partial charge < -0.3 is 21.3 Å². The molecule has 7 heteroatoms. The number of hydrogen-bond donors (Lipinski definition) is 4. The van der Waals surface area contributed by atoms with Crippen LogP contribution in [0.4, 0.5) is 0 Å². The predicted octanol–water partition coefficient (Wildman–Crippen LogP) is -0.770. The molecule has 5 N–H and O–H groups in total. The van der Waals surface area contributed by atoms with E-state index in [1.165, 1.54) is 0 Å². The van der Waals surface area contributed by atoms with Crippen LogP contribution >= 0.6 is 0 Å². The Morgan fingerprint density at radius 2 is 1.78 bits per heavy atom. The average molecular weight is 260 g/mol. The Hall–Kier alpha value is -1.63. The molecule has 0 aromatic rings. The highest BCUT2D eigenvalue weighted by Crippen LogP contribution is 2.30. The number of carbonyl (C=O) groups excluding carboxylic acids is 2. The van der Waals surface area contributed by atoms with Crippen LogP contribution in [0.15, 0.2) is 0 Å². The molecule has 1 atom stereocenters. The van der Waals surface area contributed by atoms with Crippen LogP contribution in [-0.2, 0) is 14.4 Å². The molecule has 0 fully saturated rings. The number of carbonyl (C=O) groups is 3. The van der Waals surface area contributed by atoms with Gasteiger partial charge in [-0.25, -0.2) is 0 Å². The number of carboxylic acid groups (broad SMARTS) is 1. The van der Waals surface area contributed by atoms with Crippen LogP contribution in [0, 0.1) is 5.41 Å². The number of nitrogens with one attached hydrogen (secondary N) is 1. The first kappa shape index (κ1) is 16.4. The second-order valence-electron chi connectivity index (χ2n) is 4.19. The largest absolute Gasteiger partial charge is 0.481 e. The molecule has 1 unspecified atom stereocenters. The minimum atomic E-state index is -1.46. The van der Waals surface area contributed by atoms with Crippen LogP contribution < -0.4 is 11.1 Å². The van der Waals surface area contributed by atoms with E-state index in [1.807, 2.05) is 0 Å². The normalized spacial score (nSPS) is 12.8. The lowest BCUT2D eigenvalue weighted by Gasteiger charge is -2.25. The summed E-state index contributed by atoms with van der Waals surface area (Å²) in [4.78, 5) is 33.3. The Labute approximate surface area is 105 Å². The third-order valence-corrected chi connectivity index (χ3v) is 3.13. The van der Waals surface area contributed by atoms with Crippen molar-refractivity contribution in [3.05, 3.63) is 0 Å². The number of amides is 2. The van der Waals surface area contributed by atoms with E-state index in [-0.39, 0.29) is 13.0 Å². The standard InChI is InChI=1S/C11H20N2O5/c1-3-11(4-2,10(17)18)5-8(15)13-6-7(14)9(12)16/h7,14H,3-6H2,1-2H3,(H2,12,16)(H,13,15)(H,17,18). The number of carboxylic acids is 1. The fourth-order valence-electron chi connectivity index (χ4n) is 1.56. The molecular formula is C11H20N2O5. The molecular weight excluding hydrogens is 240 g/mol. The first-order valence-electron chi connectivity index (χ1n) is 5.76. The fraction of sp³-hybridized carbons (Fsp3) is 0.727. The molecule has 7 nitrogen and oxygen atoms in total. The summed E-state index contributed by atoms with van der Waals surface area (Å²) in [5.74, 6) is -2.50. The van der Waals surface area contributed by atoms with E-state index in [1.54, 1.807) is 13.8 Å². The zero-order chi connectivity index (χ0) is 14.3. The molecule has 0 saturated heterocycles. The number of aliphatic hydroxyl groups is 1. The van der Waals surface area contributed by atoms with Crippen molar-refractivity contribution < 1.29 is 24.6 Å². The molecule has 0 saturated carbocycles. The van der Waals surface area contributed by atoms with Crippen LogP contribution in [0.5, 0.6) is 0 Å². The average Bonchev–Trinajstić information content (AvgIpc) is 2.32. The molecule has 0 aromatic heterocycles. The highest BCUT2D eigenvalue weighted by atomic mass is 16.4. The number of aliphatic carboxylic acids is 1. The van der Waals surface area contributed by atoms with Gasteiger partial charge in [-0.05, 0) is 12.8 Å². The maximum Gasteiger partial charge on any atom is 0.310 e. The zero-order valence-corrected chi connectivity index (χ0v) is 10.6. The van der Waals surface area contributed by atoms with E-state index in [0.717, 1.165) is 0 Å². The molecule has 0 spiro atoms. The Balaban J connectivity index is 4.45. The molecule has 0 heterocycles. The van der Waals surface area contributed by atoms with Crippen molar-refractivity contribution in [2.45, 2.75) is 39.2 Å². The first-order valence-corrected chi connectivity index (χ1v) is 5.76. The monoisotopic (exact) mass is 260 g/mol. The van der Waals surface area contributed by atoms with Gasteiger partial charge in [-0.1, -0.05) is 13.8 Å². The molecule has 0 aromatic carbocycles. The number of aliphatic hydroxyl groups excluding tert-OH is 1. The maximum absolute atomic E-state index is 11.6. The van der Waals surface area contributed by atoms with E-state index in [0.29, 0.717) is 12.8 Å². The van der Waals surface area contributed by atoms with Crippen molar-refractivity contribution in [3.8, 4) is 0 Å². The SMILES string of the molecule is CCC(CC)(CC(=O)NCC(O)C(N)=O)C(=O)O. The molecule has 2 amide bonds. The topological polar surface area (TPSA) is 130 Å². The first-order chi connectivity index (χ1) is 8.29. The van der Waals surface area contributed by atoms with Crippen molar-refractivity contribution in [1.29, 1.82) is 0 Å². The highest BCUT2D eigenvalue weighted by Gasteiger charge is 2.37. The van der Waals surface area contributed by atoms with Crippen molar-refractivity contribution in [2.75, 3.05) is 6.54 Å². The van der Waals surface area contributed by atoms with Gasteiger partial charge in [0, 0.05) is 6.42 Å². The van der Waals surface area contributed by atoms with Crippen molar-refractivity contribution in [2.24, 2.45) is 11.1 Å². The minimum Gasteiger partial charge on any atom is -0.481 e. The summed E-state index contributed by atoms with van der Waals surface area (Å²) in [6, 6.07) is 0. The summed E-state index contributed by atoms with van der Waals surface area (Å²) < 4.78 is 0. The number of rotatable bonds is 8. The number of primary amides is 1. The maximum atomic E-state index is 11.6. The Morgan fingerprint density at radius 3 is 2.11 bits per heavy atom. The molecule has 0 aliphatic carbocycles. The van der Waals surface area contributed by atoms with Gasteiger partial charge in [0.15, 0.2) is 0 Å². The third kappa shape index (κ3) is 4.33. The van der Waals surface area contributed by atoms with Crippen molar-refractivity contribution in [1.82, 2.24) is 5.32 Å². The summed E-state index contributed by atoms with van der Waals surface area (Å²) in [6.07, 6.45) is -1.01. The minimum absolute atomic E-state index is 0.194. The lowest BCUT2D eigenvalue weighted by molar-refractivity contribution is -0.152. The summed E-state index contributed by atoms with van der Waals surface area (Å²) in [7, 11) is 0. The van der Waals surface area contributed by atoms with E-state index in [2.05, 4.69) is 5.32 Å². The van der Waals surface area contributed by atoms with E-state index in [4.69, 9.17) is 15.9 Å². The van der Waals surface area contributed by atoms with Gasteiger partial charge in [0.05, 0.1) is 12.0 Å². The smallest absolute Gasteiger partial charge is 0.310 e. The third-order valence-electron chi connectivity index (χ3n) is 3.13. The van der Waals surface area contributed by atoms with Crippen LogP contribution in [0.2, 0.25) is 0 Å². The zero-order valence-electron chi connectivity index (χ0n) is 10.6. The van der Waals surface area contributed by atoms with Gasteiger partial charge in [0.25, 0.3) is 0 Å². The molecule has 0 aliphatic heterocycles. The Bertz CT molecular complexity index is 325. The number of hydrogen-bond acceptors (Lipinski definition) is 4. The summed E-state index contributed by atoms with van der Waals surface area (Å²) in [5, 5.41) is 20.5. The molecule has 0 aliphatic rings. The molecule has 18 heavy (non-hydrogen) atoms. The van der Waals surface area contributed by atoms with Crippen molar-refractivity contribution >= 4 is 17.8 Å². The molecule has 0 rings (SSSR count). The van der Waals surface area contributed by atoms with Gasteiger partial charge in [0.2, 0.25) is 11.8 Å². The van der Waals surface area contributed by atoms with Gasteiger partial charge in [-0.15, -0.1) is 0 Å². The van der Waals surface area contributed by atoms with Gasteiger partial charge in [0.1, 0.15) is 6.10 Å². The van der Waals surface area contributed by atoms with Crippen LogP contribution in [0.25, 0.3) is 0 Å². The van der Waals surface area contributed by atoms with Gasteiger partial charge in [-0.2, -0.15) is 0 Å². The predicted molar refractivity (Wildman–Crippen MR) is 63.5 cm³/mol. The van der Waals surface area contributed by atoms with Crippen LogP contribution in [0.1, 0.15) is 33.1 Å². The van der Waals surface area contributed by atoms with E-state index in [9.17, 15) is 14.4 Å². The van der Waals surface area contributed by atoms with Crippen molar-refractivity contribution in [3.63, 3.8) is 0 Å². The van der Waals surface area contributed by atoms with Gasteiger partial charge in [-0.3, -0.25) is 14.4 Å². The Kier molecular flexibility index (Phi) is 6.32. The van der Waals surface area contributed by atoms with Gasteiger partial charge >= 0.3 is 5.97 Å². The van der Waals surface area contributed by atoms with E-state index >= 15 is 0 Å². The van der Waals surface area contributed by atoms with E-state index < -0.39 is 29.3 Å². The highest BCUT2D eigenvalue weighted by molar-refractivity contribution is 5.85. The van der Waals surface area contributed by atoms with Crippen LogP contribution in [-0.4, -0.2) is 40.6 Å². The summed E-state index contributed by atoms with van der Waals surface area (Å²) >= 11 is 0. The fourth-order valence-corrected chi connectivity index (χ4v) is 1.56. The molecule has 0 bridgehead atoms. The lowest BCUT2D eigenvalue weighted by atomic mass is 9.79. The molecule has 104 valence electrons. The Morgan fingerprint density at radius 1 is 1.28 bits per heavy atom. The van der Waals surface area contributed by atoms with Crippen LogP contribution in [0.3, 0.4) is 0 Å². The summed E-state index contributed by atoms with van der Waals surface area (Å²) in [6.45, 7) is 3.09. The molecule has 0 radical (unpaired) electrons. The summed E-state index contributed by atoms with van der Waals surface area (Å²) in [5.41, 5.74) is 3.71. The lowest BCUT2D eigenvalue weighted by Crippen LogP contribution is -2.42. The second-order valence-corrected chi connectivity index (χ2v) is 4.19. The second kappa shape index (κ2) is 6.95. The quantitative estimate of drug-likeness (QED) is 0.455. The number of nitrogens with two attached hydrogens (primary N) is 1.